The van der Waals surface area contributed by atoms with Crippen LogP contribution in [0.5, 0.6) is 5.88 Å². The summed E-state index contributed by atoms with van der Waals surface area (Å²) in [6, 6.07) is 29.5. The summed E-state index contributed by atoms with van der Waals surface area (Å²) >= 11 is 3.29. The maximum atomic E-state index is 13.8. The molecule has 3 heterocycles. The summed E-state index contributed by atoms with van der Waals surface area (Å²) in [5.74, 6) is 4.61. The largest absolute Gasteiger partial charge is 0.478 e. The van der Waals surface area contributed by atoms with E-state index < -0.39 is 17.8 Å². The Morgan fingerprint density at radius 2 is 1.42 bits per heavy atom. The molecule has 0 aliphatic carbocycles. The highest BCUT2D eigenvalue weighted by atomic mass is 32.2. The fourth-order valence-electron chi connectivity index (χ4n) is 7.54. The first-order chi connectivity index (χ1) is 34.7. The number of aryl methyl sites for hydroxylation is 2. The minimum absolute atomic E-state index is 0.192. The van der Waals surface area contributed by atoms with Gasteiger partial charge in [-0.3, -0.25) is 0 Å². The van der Waals surface area contributed by atoms with Crippen LogP contribution in [0, 0.1) is 24.6 Å². The topological polar surface area (TPSA) is 145 Å². The fourth-order valence-corrected chi connectivity index (χ4v) is 9.88. The standard InChI is InChI=1S/C21H21NO2S.C21H26O2.C17H20FNO4S/c1-4-24-20(23)16-7-9-17(22-14-16)8-5-15-6-10-19-18(13-15)21(2,3)11-12-25-19;1-2-3-4-5-6-7-8-17-9-11-18(12-10-17)19-13-15-20(16-14-19)21(22)23;1-3-4-7-22-8-9-23-15-11(2)24-16(19-15)12-5-6-13(17(20)21)14(18)10-12/h6-7,9-10,13-14H,4,11-12H2,1-3H3;9-16H,2-8H2,1H3,(H,22,23);5-6,10H,3-4,7-9H2,1-2H3,(H,20,21). The van der Waals surface area contributed by atoms with Gasteiger partial charge in [0.15, 0.2) is 0 Å². The van der Waals surface area contributed by atoms with Gasteiger partial charge in [0.05, 0.1) is 34.8 Å². The lowest BCUT2D eigenvalue weighted by atomic mass is 9.81. The predicted octanol–water partition coefficient (Wildman–Crippen LogP) is 14.5. The van der Waals surface area contributed by atoms with Crippen LogP contribution in [0.2, 0.25) is 0 Å². The second-order valence-corrected chi connectivity index (χ2v) is 20.2. The summed E-state index contributed by atoms with van der Waals surface area (Å²) in [4.78, 5) is 44.2. The molecule has 380 valence electrons. The van der Waals surface area contributed by atoms with Crippen molar-refractivity contribution in [2.24, 2.45) is 0 Å². The molecule has 1 aliphatic heterocycles. The highest BCUT2D eigenvalue weighted by molar-refractivity contribution is 7.99. The van der Waals surface area contributed by atoms with Crippen LogP contribution in [-0.2, 0) is 21.3 Å². The van der Waals surface area contributed by atoms with E-state index in [1.54, 1.807) is 37.3 Å². The van der Waals surface area contributed by atoms with Crippen molar-refractivity contribution in [3.8, 4) is 39.4 Å². The van der Waals surface area contributed by atoms with E-state index in [0.29, 0.717) is 53.1 Å². The summed E-state index contributed by atoms with van der Waals surface area (Å²) in [6.45, 7) is 14.6. The number of aromatic carboxylic acids is 2. The van der Waals surface area contributed by atoms with Crippen molar-refractivity contribution in [2.45, 2.75) is 116 Å². The number of rotatable bonds is 20. The lowest BCUT2D eigenvalue weighted by Crippen LogP contribution is -2.22. The molecular weight excluding hydrogens is 948 g/mol. The molecule has 6 aromatic rings. The lowest BCUT2D eigenvalue weighted by molar-refractivity contribution is 0.0524. The van der Waals surface area contributed by atoms with Gasteiger partial charge in [-0.2, -0.15) is 0 Å². The van der Waals surface area contributed by atoms with Crippen LogP contribution in [0.3, 0.4) is 0 Å². The molecule has 0 bridgehead atoms. The van der Waals surface area contributed by atoms with Crippen LogP contribution >= 0.6 is 23.1 Å². The number of carboxylic acids is 2. The number of unbranched alkanes of at least 4 members (excludes halogenated alkanes) is 6. The maximum absolute atomic E-state index is 13.8. The number of pyridine rings is 1. The number of thiazole rings is 1. The molecular formula is C59H67FN2O8S2. The van der Waals surface area contributed by atoms with E-state index in [1.807, 2.05) is 30.8 Å². The molecule has 7 rings (SSSR count). The van der Waals surface area contributed by atoms with Gasteiger partial charge in [0.2, 0.25) is 5.88 Å². The third kappa shape index (κ3) is 17.8. The average molecular weight is 1020 g/mol. The van der Waals surface area contributed by atoms with Crippen molar-refractivity contribution in [3.05, 3.63) is 153 Å². The molecule has 0 atom stereocenters. The number of carboxylic acid groups (broad SMARTS) is 2. The van der Waals surface area contributed by atoms with Crippen molar-refractivity contribution < 1.29 is 43.2 Å². The van der Waals surface area contributed by atoms with Crippen LogP contribution < -0.4 is 4.74 Å². The second kappa shape index (κ2) is 29.3. The Morgan fingerprint density at radius 1 is 0.736 bits per heavy atom. The van der Waals surface area contributed by atoms with E-state index in [2.05, 4.69) is 92.0 Å². The van der Waals surface area contributed by atoms with E-state index >= 15 is 0 Å². The highest BCUT2D eigenvalue weighted by Crippen LogP contribution is 2.41. The van der Waals surface area contributed by atoms with Crippen molar-refractivity contribution in [2.75, 3.05) is 32.2 Å². The third-order valence-electron chi connectivity index (χ3n) is 11.9. The van der Waals surface area contributed by atoms with Crippen molar-refractivity contribution in [1.82, 2.24) is 9.97 Å². The number of hydrogen-bond acceptors (Lipinski definition) is 10. The Kier molecular flexibility index (Phi) is 23.0. The number of aromatic nitrogens is 2. The van der Waals surface area contributed by atoms with E-state index in [0.717, 1.165) is 47.4 Å². The Morgan fingerprint density at radius 3 is 2.07 bits per heavy atom. The molecule has 0 fully saturated rings. The molecule has 2 N–H and O–H groups in total. The zero-order chi connectivity index (χ0) is 51.9. The van der Waals surface area contributed by atoms with Crippen molar-refractivity contribution >= 4 is 41.0 Å². The number of esters is 1. The van der Waals surface area contributed by atoms with Gasteiger partial charge in [0.25, 0.3) is 0 Å². The van der Waals surface area contributed by atoms with Crippen molar-refractivity contribution in [3.63, 3.8) is 0 Å². The van der Waals surface area contributed by atoms with Gasteiger partial charge >= 0.3 is 17.9 Å². The number of hydrogen-bond donors (Lipinski definition) is 2. The number of ether oxygens (including phenoxy) is 3. The van der Waals surface area contributed by atoms with Crippen LogP contribution in [-0.4, -0.2) is 70.3 Å². The Labute approximate surface area is 432 Å². The minimum Gasteiger partial charge on any atom is -0.478 e. The molecule has 72 heavy (non-hydrogen) atoms. The number of nitrogens with zero attached hydrogens (tertiary/aromatic N) is 2. The first kappa shape index (κ1) is 56.6. The molecule has 1 aliphatic rings. The summed E-state index contributed by atoms with van der Waals surface area (Å²) < 4.78 is 29.8. The smallest absolute Gasteiger partial charge is 0.339 e. The summed E-state index contributed by atoms with van der Waals surface area (Å²) in [5, 5.41) is 18.4. The zero-order valence-corrected chi connectivity index (χ0v) is 44.0. The predicted molar refractivity (Wildman–Crippen MR) is 287 cm³/mol. The van der Waals surface area contributed by atoms with Crippen LogP contribution in [0.1, 0.15) is 151 Å². The number of thioether (sulfide) groups is 1. The van der Waals surface area contributed by atoms with E-state index in [4.69, 9.17) is 24.4 Å². The SMILES string of the molecule is CCCCCCCCc1ccc(-c2ccc(C(=O)O)cc2)cc1.CCCCOCCOc1nc(-c2ccc(C(=O)O)c(F)c2)sc1C.CCOC(=O)c1ccc(C#Cc2ccc3c(c2)C(C)(C)CCS3)nc1. The second-order valence-electron chi connectivity index (χ2n) is 17.9. The fraction of sp³-hybridized carbons (Fsp3) is 0.373. The molecule has 0 spiro atoms. The Bertz CT molecular complexity index is 2740. The molecule has 0 saturated heterocycles. The zero-order valence-electron chi connectivity index (χ0n) is 42.4. The molecule has 0 saturated carbocycles. The highest BCUT2D eigenvalue weighted by Gasteiger charge is 2.27. The number of carbonyl (C=O) groups is 3. The Hall–Kier alpha value is -6.33. The summed E-state index contributed by atoms with van der Waals surface area (Å²) in [6.07, 6.45) is 13.9. The van der Waals surface area contributed by atoms with Gasteiger partial charge in [-0.05, 0) is 133 Å². The number of fused-ring (bicyclic) bond motifs is 1. The van der Waals surface area contributed by atoms with E-state index in [1.165, 1.54) is 96.4 Å². The van der Waals surface area contributed by atoms with Crippen LogP contribution in [0.15, 0.2) is 108 Å². The quantitative estimate of drug-likeness (QED) is 0.0428. The normalized spacial score (nSPS) is 12.2. The van der Waals surface area contributed by atoms with Crippen molar-refractivity contribution in [1.29, 1.82) is 0 Å². The number of carbonyl (C=O) groups excluding carboxylic acids is 1. The molecule has 0 amide bonds. The third-order valence-corrected chi connectivity index (χ3v) is 13.9. The van der Waals surface area contributed by atoms with Gasteiger partial charge in [-0.1, -0.05) is 115 Å². The first-order valence-electron chi connectivity index (χ1n) is 24.8. The molecule has 4 aromatic carbocycles. The molecule has 10 nitrogen and oxygen atoms in total. The number of halogens is 1. The van der Waals surface area contributed by atoms with Crippen LogP contribution in [0.4, 0.5) is 4.39 Å². The molecule has 2 aromatic heterocycles. The van der Waals surface area contributed by atoms with Gasteiger partial charge in [-0.15, -0.1) is 23.1 Å². The molecule has 13 heteroatoms. The van der Waals surface area contributed by atoms with Gasteiger partial charge in [-0.25, -0.2) is 28.7 Å². The molecule has 0 unspecified atom stereocenters. The van der Waals surface area contributed by atoms with Gasteiger partial charge in [0.1, 0.15) is 23.1 Å². The van der Waals surface area contributed by atoms with Gasteiger partial charge < -0.3 is 24.4 Å². The van der Waals surface area contributed by atoms with E-state index in [-0.39, 0.29) is 16.9 Å². The summed E-state index contributed by atoms with van der Waals surface area (Å²) in [7, 11) is 0. The monoisotopic (exact) mass is 1010 g/mol. The van der Waals surface area contributed by atoms with Gasteiger partial charge in [0, 0.05) is 28.8 Å². The first-order valence-corrected chi connectivity index (χ1v) is 26.6. The molecule has 0 radical (unpaired) electrons. The lowest BCUT2D eigenvalue weighted by Gasteiger charge is -2.32. The van der Waals surface area contributed by atoms with E-state index in [9.17, 15) is 18.8 Å². The average Bonchev–Trinajstić information content (AvgIpc) is 3.75. The maximum Gasteiger partial charge on any atom is 0.339 e. The van der Waals surface area contributed by atoms with Crippen LogP contribution in [0.25, 0.3) is 21.7 Å². The summed E-state index contributed by atoms with van der Waals surface area (Å²) in [5.41, 5.74) is 7.71. The number of benzene rings is 4. The minimum atomic E-state index is -1.29. The Balaban J connectivity index is 0.000000201.